The molecule has 2 atom stereocenters. The molecule has 1 fully saturated rings. The summed E-state index contributed by atoms with van der Waals surface area (Å²) in [5.74, 6) is 1.06. The number of ether oxygens (including phenoxy) is 2. The Morgan fingerprint density at radius 3 is 2.50 bits per heavy atom. The summed E-state index contributed by atoms with van der Waals surface area (Å²) in [4.78, 5) is 16.9. The topological polar surface area (TPSA) is 42.0 Å². The molecule has 2 aromatic rings. The molecule has 2 aromatic carbocycles. The molecule has 0 radical (unpaired) electrons. The number of carbonyl (C=O) groups is 1. The van der Waals surface area contributed by atoms with Gasteiger partial charge in [0.2, 0.25) is 0 Å². The molecule has 0 bridgehead atoms. The fraction of sp³-hybridized carbons (Fsp3) is 0.409. The molecule has 6 heteroatoms. The van der Waals surface area contributed by atoms with Gasteiger partial charge in [-0.15, -0.1) is 0 Å². The van der Waals surface area contributed by atoms with Crippen molar-refractivity contribution in [2.45, 2.75) is 32.5 Å². The van der Waals surface area contributed by atoms with E-state index >= 15 is 0 Å². The Labute approximate surface area is 165 Å². The minimum absolute atomic E-state index is 0.00217. The minimum Gasteiger partial charge on any atom is -0.497 e. The number of benzene rings is 2. The molecule has 0 aromatic heterocycles. The second kappa shape index (κ2) is 9.06. The van der Waals surface area contributed by atoms with Crippen LogP contribution in [0, 0.1) is 5.82 Å². The van der Waals surface area contributed by atoms with Crippen LogP contribution in [0.25, 0.3) is 0 Å². The van der Waals surface area contributed by atoms with Crippen LogP contribution in [0.15, 0.2) is 48.5 Å². The van der Waals surface area contributed by atoms with Crippen molar-refractivity contribution in [3.63, 3.8) is 0 Å². The van der Waals surface area contributed by atoms with Crippen LogP contribution in [-0.4, -0.2) is 54.6 Å². The summed E-state index contributed by atoms with van der Waals surface area (Å²) in [6.07, 6.45) is 0. The van der Waals surface area contributed by atoms with Gasteiger partial charge in [0.1, 0.15) is 17.3 Å². The maximum atomic E-state index is 13.1. The highest BCUT2D eigenvalue weighted by Crippen LogP contribution is 2.21. The number of halogens is 1. The molecule has 1 heterocycles. The van der Waals surface area contributed by atoms with Gasteiger partial charge in [0.05, 0.1) is 7.11 Å². The normalized spacial score (nSPS) is 20.1. The van der Waals surface area contributed by atoms with Gasteiger partial charge in [-0.05, 0) is 43.7 Å². The van der Waals surface area contributed by atoms with Crippen molar-refractivity contribution in [2.24, 2.45) is 0 Å². The molecule has 3 rings (SSSR count). The lowest BCUT2D eigenvalue weighted by molar-refractivity contribution is -0.139. The highest BCUT2D eigenvalue weighted by atomic mass is 19.1. The lowest BCUT2D eigenvalue weighted by atomic mass is 10.1. The fourth-order valence-electron chi connectivity index (χ4n) is 3.51. The van der Waals surface area contributed by atoms with Crippen LogP contribution in [0.2, 0.25) is 0 Å². The number of carbonyl (C=O) groups excluding carboxylic acids is 1. The van der Waals surface area contributed by atoms with Gasteiger partial charge in [0, 0.05) is 37.8 Å². The molecule has 1 aliphatic rings. The summed E-state index contributed by atoms with van der Waals surface area (Å²) in [5, 5.41) is 0. The zero-order valence-electron chi connectivity index (χ0n) is 16.6. The fourth-order valence-corrected chi connectivity index (χ4v) is 3.51. The third kappa shape index (κ3) is 5.01. The third-order valence-electron chi connectivity index (χ3n) is 5.14. The van der Waals surface area contributed by atoms with Gasteiger partial charge in [-0.25, -0.2) is 4.39 Å². The monoisotopic (exact) mass is 386 g/mol. The van der Waals surface area contributed by atoms with Gasteiger partial charge >= 0.3 is 0 Å². The summed E-state index contributed by atoms with van der Waals surface area (Å²) in [7, 11) is 1.60. The van der Waals surface area contributed by atoms with E-state index < -0.39 is 0 Å². The molecular weight excluding hydrogens is 359 g/mol. The van der Waals surface area contributed by atoms with Crippen LogP contribution in [0.3, 0.4) is 0 Å². The number of amides is 1. The maximum absolute atomic E-state index is 13.1. The van der Waals surface area contributed by atoms with E-state index in [2.05, 4.69) is 11.8 Å². The summed E-state index contributed by atoms with van der Waals surface area (Å²) >= 11 is 0. The quantitative estimate of drug-likeness (QED) is 0.764. The van der Waals surface area contributed by atoms with Crippen LogP contribution >= 0.6 is 0 Å². The Morgan fingerprint density at radius 1 is 1.07 bits per heavy atom. The van der Waals surface area contributed by atoms with Crippen molar-refractivity contribution < 1.29 is 18.7 Å². The molecule has 0 spiro atoms. The van der Waals surface area contributed by atoms with Crippen molar-refractivity contribution in [2.75, 3.05) is 26.8 Å². The second-order valence-corrected chi connectivity index (χ2v) is 7.27. The Balaban J connectivity index is 1.55. The van der Waals surface area contributed by atoms with Gasteiger partial charge < -0.3 is 14.4 Å². The van der Waals surface area contributed by atoms with Crippen molar-refractivity contribution >= 4 is 5.91 Å². The molecule has 1 aliphatic heterocycles. The SMILES string of the molecule is COc1cccc(OCC(=O)N2C[C@@H](C)N(Cc3ccc(F)cc3)C[C@@H]2C)c1. The summed E-state index contributed by atoms with van der Waals surface area (Å²) in [5.41, 5.74) is 1.07. The Hall–Kier alpha value is -2.60. The highest BCUT2D eigenvalue weighted by molar-refractivity contribution is 5.78. The van der Waals surface area contributed by atoms with Gasteiger partial charge in [-0.2, -0.15) is 0 Å². The number of rotatable bonds is 6. The van der Waals surface area contributed by atoms with Gasteiger partial charge in [-0.1, -0.05) is 18.2 Å². The maximum Gasteiger partial charge on any atom is 0.260 e. The molecule has 28 heavy (non-hydrogen) atoms. The predicted octanol–water partition coefficient (Wildman–Crippen LogP) is 3.33. The first kappa shape index (κ1) is 20.1. The average molecular weight is 386 g/mol. The summed E-state index contributed by atoms with van der Waals surface area (Å²) in [6, 6.07) is 14.1. The van der Waals surface area contributed by atoms with E-state index in [1.807, 2.05) is 42.2 Å². The number of hydrogen-bond donors (Lipinski definition) is 0. The van der Waals surface area contributed by atoms with Gasteiger partial charge in [0.25, 0.3) is 5.91 Å². The first-order valence-corrected chi connectivity index (χ1v) is 9.51. The van der Waals surface area contributed by atoms with E-state index in [9.17, 15) is 9.18 Å². The van der Waals surface area contributed by atoms with Crippen LogP contribution in [0.4, 0.5) is 4.39 Å². The smallest absolute Gasteiger partial charge is 0.260 e. The molecule has 0 aliphatic carbocycles. The molecule has 150 valence electrons. The zero-order valence-corrected chi connectivity index (χ0v) is 16.6. The molecule has 0 N–H and O–H groups in total. The van der Waals surface area contributed by atoms with Crippen molar-refractivity contribution in [1.29, 1.82) is 0 Å². The van der Waals surface area contributed by atoms with Crippen LogP contribution in [-0.2, 0) is 11.3 Å². The van der Waals surface area contributed by atoms with Gasteiger partial charge in [0.15, 0.2) is 6.61 Å². The van der Waals surface area contributed by atoms with E-state index in [-0.39, 0.29) is 30.4 Å². The Kier molecular flexibility index (Phi) is 6.52. The molecule has 5 nitrogen and oxygen atoms in total. The Bertz CT molecular complexity index is 797. The average Bonchev–Trinajstić information content (AvgIpc) is 2.70. The Morgan fingerprint density at radius 2 is 1.79 bits per heavy atom. The lowest BCUT2D eigenvalue weighted by Crippen LogP contribution is -2.58. The molecule has 1 saturated heterocycles. The largest absolute Gasteiger partial charge is 0.497 e. The van der Waals surface area contributed by atoms with E-state index in [4.69, 9.17) is 9.47 Å². The first-order chi connectivity index (χ1) is 13.5. The molecule has 0 saturated carbocycles. The van der Waals surface area contributed by atoms with Crippen LogP contribution < -0.4 is 9.47 Å². The second-order valence-electron chi connectivity index (χ2n) is 7.27. The van der Waals surface area contributed by atoms with E-state index in [1.165, 1.54) is 12.1 Å². The van der Waals surface area contributed by atoms with Crippen molar-refractivity contribution in [1.82, 2.24) is 9.80 Å². The lowest BCUT2D eigenvalue weighted by Gasteiger charge is -2.44. The first-order valence-electron chi connectivity index (χ1n) is 9.51. The molecule has 1 amide bonds. The minimum atomic E-state index is -0.225. The third-order valence-corrected chi connectivity index (χ3v) is 5.14. The van der Waals surface area contributed by atoms with Crippen LogP contribution in [0.5, 0.6) is 11.5 Å². The summed E-state index contributed by atoms with van der Waals surface area (Å²) in [6.45, 7) is 6.31. The van der Waals surface area contributed by atoms with E-state index in [1.54, 1.807) is 13.2 Å². The zero-order chi connectivity index (χ0) is 20.1. The van der Waals surface area contributed by atoms with E-state index in [0.717, 1.165) is 18.7 Å². The summed E-state index contributed by atoms with van der Waals surface area (Å²) < 4.78 is 23.9. The number of nitrogens with zero attached hydrogens (tertiary/aromatic N) is 2. The predicted molar refractivity (Wildman–Crippen MR) is 106 cm³/mol. The van der Waals surface area contributed by atoms with E-state index in [0.29, 0.717) is 18.0 Å². The van der Waals surface area contributed by atoms with Crippen molar-refractivity contribution in [3.05, 3.63) is 59.9 Å². The number of methoxy groups -OCH3 is 1. The van der Waals surface area contributed by atoms with Gasteiger partial charge in [-0.3, -0.25) is 9.69 Å². The highest BCUT2D eigenvalue weighted by Gasteiger charge is 2.32. The van der Waals surface area contributed by atoms with Crippen LogP contribution in [0.1, 0.15) is 19.4 Å². The standard InChI is InChI=1S/C22H27FN2O3/c1-16-13-25(22(26)15-28-21-6-4-5-20(11-21)27-3)17(2)12-24(16)14-18-7-9-19(23)10-8-18/h4-11,16-17H,12-15H2,1-3H3/t16-,17+/m1/s1. The number of piperazine rings is 1. The molecular formula is C22H27FN2O3. The molecule has 0 unspecified atom stereocenters. The van der Waals surface area contributed by atoms with Crippen molar-refractivity contribution in [3.8, 4) is 11.5 Å². The number of hydrogen-bond acceptors (Lipinski definition) is 4.